The number of piperidine rings is 1. The maximum atomic E-state index is 13.2. The van der Waals surface area contributed by atoms with Crippen molar-refractivity contribution in [2.24, 2.45) is 16.3 Å². The summed E-state index contributed by atoms with van der Waals surface area (Å²) in [5.74, 6) is 0.138. The molecule has 2 heterocycles. The van der Waals surface area contributed by atoms with Gasteiger partial charge in [-0.25, -0.2) is 5.01 Å². The van der Waals surface area contributed by atoms with E-state index < -0.39 is 11.5 Å². The molecule has 2 aromatic carbocycles. The molecule has 31 heavy (non-hydrogen) atoms. The number of amides is 2. The lowest BCUT2D eigenvalue weighted by Crippen LogP contribution is -2.58. The number of fused-ring (bicyclic) bond motifs is 1. The van der Waals surface area contributed by atoms with Gasteiger partial charge in [0.15, 0.2) is 0 Å². The molecule has 0 aliphatic carbocycles. The maximum Gasteiger partial charge on any atom is 0.256 e. The molecule has 0 bridgehead atoms. The Bertz CT molecular complexity index is 1010. The van der Waals surface area contributed by atoms with Crippen LogP contribution >= 0.6 is 11.6 Å². The molecule has 2 aromatic rings. The Morgan fingerprint density at radius 1 is 1.23 bits per heavy atom. The van der Waals surface area contributed by atoms with E-state index in [2.05, 4.69) is 5.10 Å². The van der Waals surface area contributed by atoms with Gasteiger partial charge in [-0.3, -0.25) is 9.59 Å². The molecule has 0 spiro atoms. The van der Waals surface area contributed by atoms with Crippen molar-refractivity contribution in [1.82, 2.24) is 9.91 Å². The van der Waals surface area contributed by atoms with Gasteiger partial charge in [0, 0.05) is 26.6 Å². The zero-order chi connectivity index (χ0) is 22.0. The summed E-state index contributed by atoms with van der Waals surface area (Å²) in [4.78, 5) is 27.9. The van der Waals surface area contributed by atoms with E-state index in [0.717, 1.165) is 11.3 Å². The van der Waals surface area contributed by atoms with Gasteiger partial charge >= 0.3 is 0 Å². The van der Waals surface area contributed by atoms with E-state index >= 15 is 0 Å². The summed E-state index contributed by atoms with van der Waals surface area (Å²) in [6.07, 6.45) is 1.03. The molecule has 0 saturated carbocycles. The number of rotatable bonds is 6. The minimum Gasteiger partial charge on any atom is -0.490 e. The molecular formula is C23H25ClN4O3. The molecule has 4 rings (SSSR count). The third-order valence-electron chi connectivity index (χ3n) is 5.84. The third-order valence-corrected chi connectivity index (χ3v) is 6.15. The number of hydrazone groups is 1. The predicted octanol–water partition coefficient (Wildman–Crippen LogP) is 2.34. The number of carbonyl (C=O) groups is 2. The van der Waals surface area contributed by atoms with Crippen molar-refractivity contribution in [3.63, 3.8) is 0 Å². The second-order valence-electron chi connectivity index (χ2n) is 7.98. The number of hydrogen-bond acceptors (Lipinski definition) is 5. The highest BCUT2D eigenvalue weighted by atomic mass is 35.5. The molecule has 0 aromatic heterocycles. The lowest BCUT2D eigenvalue weighted by Gasteiger charge is -2.40. The Balaban J connectivity index is 1.49. The minimum atomic E-state index is -0.863. The molecule has 0 unspecified atom stereocenters. The first kappa shape index (κ1) is 21.3. The highest BCUT2D eigenvalue weighted by Gasteiger charge is 2.53. The van der Waals surface area contributed by atoms with Crippen LogP contribution in [-0.4, -0.2) is 60.2 Å². The summed E-state index contributed by atoms with van der Waals surface area (Å²) in [7, 11) is 1.66. The maximum absolute atomic E-state index is 13.2. The lowest BCUT2D eigenvalue weighted by molar-refractivity contribution is -0.140. The molecule has 2 aliphatic rings. The van der Waals surface area contributed by atoms with Crippen LogP contribution in [0.3, 0.4) is 0 Å². The lowest BCUT2D eigenvalue weighted by atomic mass is 9.73. The Kier molecular flexibility index (Phi) is 5.98. The van der Waals surface area contributed by atoms with E-state index in [1.165, 1.54) is 5.01 Å². The van der Waals surface area contributed by atoms with Crippen molar-refractivity contribution in [2.45, 2.75) is 18.9 Å². The molecule has 1 saturated heterocycles. The summed E-state index contributed by atoms with van der Waals surface area (Å²) >= 11 is 6.11. The summed E-state index contributed by atoms with van der Waals surface area (Å²) in [5, 5.41) is 6.33. The first-order valence-corrected chi connectivity index (χ1v) is 10.6. The van der Waals surface area contributed by atoms with Crippen molar-refractivity contribution < 1.29 is 14.3 Å². The van der Waals surface area contributed by atoms with Crippen molar-refractivity contribution in [3.8, 4) is 5.75 Å². The van der Waals surface area contributed by atoms with Gasteiger partial charge < -0.3 is 15.4 Å². The number of benzene rings is 2. The monoisotopic (exact) mass is 440 g/mol. The number of para-hydroxylation sites is 1. The first-order valence-electron chi connectivity index (χ1n) is 10.2. The van der Waals surface area contributed by atoms with Gasteiger partial charge in [0.1, 0.15) is 23.8 Å². The van der Waals surface area contributed by atoms with E-state index in [1.54, 1.807) is 36.2 Å². The van der Waals surface area contributed by atoms with Gasteiger partial charge in [0.05, 0.1) is 10.7 Å². The number of ether oxygens (including phenoxy) is 1. The van der Waals surface area contributed by atoms with Crippen LogP contribution in [0, 0.1) is 5.41 Å². The highest BCUT2D eigenvalue weighted by Crippen LogP contribution is 2.38. The second kappa shape index (κ2) is 8.69. The van der Waals surface area contributed by atoms with E-state index in [9.17, 15) is 9.59 Å². The third kappa shape index (κ3) is 4.16. The predicted molar refractivity (Wildman–Crippen MR) is 119 cm³/mol. The first-order chi connectivity index (χ1) is 14.9. The summed E-state index contributed by atoms with van der Waals surface area (Å²) in [6.45, 7) is 0.719. The zero-order valence-corrected chi connectivity index (χ0v) is 18.1. The number of hydrogen-bond donors (Lipinski definition) is 1. The topological polar surface area (TPSA) is 88.2 Å². The van der Waals surface area contributed by atoms with Crippen LogP contribution in [0.2, 0.25) is 5.02 Å². The fraction of sp³-hybridized carbons (Fsp3) is 0.348. The molecule has 2 amide bonds. The highest BCUT2D eigenvalue weighted by molar-refractivity contribution is 6.32. The Hall–Kier alpha value is -2.90. The number of carbonyl (C=O) groups excluding carboxylic acids is 2. The average Bonchev–Trinajstić information content (AvgIpc) is 3.02. The van der Waals surface area contributed by atoms with Crippen LogP contribution in [0.15, 0.2) is 59.7 Å². The van der Waals surface area contributed by atoms with Crippen LogP contribution in [0.5, 0.6) is 5.75 Å². The molecule has 2 N–H and O–H groups in total. The van der Waals surface area contributed by atoms with Gasteiger partial charge in [0.2, 0.25) is 5.91 Å². The largest absolute Gasteiger partial charge is 0.490 e. The SMILES string of the molecule is CN1N=C2CCN(C(=O)[C@H](N)COc3ccccc3Cl)C[C@@]2(Cc2ccccc2)C1=O. The number of halogens is 1. The zero-order valence-electron chi connectivity index (χ0n) is 17.3. The quantitative estimate of drug-likeness (QED) is 0.746. The minimum absolute atomic E-state index is 0.000449. The fourth-order valence-electron chi connectivity index (χ4n) is 4.26. The van der Waals surface area contributed by atoms with Gasteiger partial charge in [-0.1, -0.05) is 54.1 Å². The number of nitrogens with two attached hydrogens (primary N) is 1. The molecule has 7 nitrogen and oxygen atoms in total. The fourth-order valence-corrected chi connectivity index (χ4v) is 4.45. The summed E-state index contributed by atoms with van der Waals surface area (Å²) in [5.41, 5.74) is 7.16. The van der Waals surface area contributed by atoms with Crippen molar-refractivity contribution in [1.29, 1.82) is 0 Å². The van der Waals surface area contributed by atoms with Crippen LogP contribution in [0.4, 0.5) is 0 Å². The molecule has 8 heteroatoms. The smallest absolute Gasteiger partial charge is 0.256 e. The van der Waals surface area contributed by atoms with Crippen LogP contribution in [0.1, 0.15) is 12.0 Å². The normalized spacial score (nSPS) is 21.5. The number of nitrogens with zero attached hydrogens (tertiary/aromatic N) is 3. The van der Waals surface area contributed by atoms with Gasteiger partial charge in [-0.15, -0.1) is 0 Å². The van der Waals surface area contributed by atoms with E-state index in [-0.39, 0.29) is 25.0 Å². The molecule has 162 valence electrons. The standard InChI is InChI=1S/C23H25ClN4O3/c1-27-22(30)23(13-16-7-3-2-4-8-16)15-28(12-11-20(23)26-27)21(29)18(25)14-31-19-10-6-5-9-17(19)24/h2-10,18H,11-15,25H2,1H3/t18-,23-/m1/s1. The Morgan fingerprint density at radius 3 is 2.68 bits per heavy atom. The molecule has 1 fully saturated rings. The van der Waals surface area contributed by atoms with Gasteiger partial charge in [0.25, 0.3) is 5.91 Å². The molecular weight excluding hydrogens is 416 g/mol. The molecule has 2 atom stereocenters. The number of likely N-dealkylation sites (tertiary alicyclic amines) is 1. The van der Waals surface area contributed by atoms with Gasteiger partial charge in [-0.05, 0) is 24.1 Å². The Morgan fingerprint density at radius 2 is 1.94 bits per heavy atom. The molecule has 2 aliphatic heterocycles. The van der Waals surface area contributed by atoms with Crippen LogP contribution < -0.4 is 10.5 Å². The van der Waals surface area contributed by atoms with E-state index in [4.69, 9.17) is 22.1 Å². The van der Waals surface area contributed by atoms with Crippen LogP contribution in [0.25, 0.3) is 0 Å². The summed E-state index contributed by atoms with van der Waals surface area (Å²) < 4.78 is 5.65. The summed E-state index contributed by atoms with van der Waals surface area (Å²) in [6, 6.07) is 16.0. The average molecular weight is 441 g/mol. The van der Waals surface area contributed by atoms with E-state index in [1.807, 2.05) is 30.3 Å². The molecule has 0 radical (unpaired) electrons. The van der Waals surface area contributed by atoms with Crippen molar-refractivity contribution in [3.05, 3.63) is 65.2 Å². The second-order valence-corrected chi connectivity index (χ2v) is 8.38. The van der Waals surface area contributed by atoms with Gasteiger partial charge in [-0.2, -0.15) is 5.10 Å². The van der Waals surface area contributed by atoms with Crippen molar-refractivity contribution >= 4 is 29.1 Å². The Labute approximate surface area is 186 Å². The van der Waals surface area contributed by atoms with Crippen molar-refractivity contribution in [2.75, 3.05) is 26.7 Å². The van der Waals surface area contributed by atoms with Crippen LogP contribution in [-0.2, 0) is 16.0 Å². The van der Waals surface area contributed by atoms with E-state index in [0.29, 0.717) is 30.2 Å².